The van der Waals surface area contributed by atoms with Crippen LogP contribution in [0.3, 0.4) is 0 Å². The molecule has 0 N–H and O–H groups in total. The molecule has 98 valence electrons. The minimum atomic E-state index is -3.98. The van der Waals surface area contributed by atoms with Crippen LogP contribution in [0.25, 0.3) is 0 Å². The van der Waals surface area contributed by atoms with Gasteiger partial charge in [-0.2, -0.15) is 0 Å². The van der Waals surface area contributed by atoms with E-state index in [2.05, 4.69) is 6.92 Å². The molecule has 17 heavy (non-hydrogen) atoms. The molecule has 5 heteroatoms. The van der Waals surface area contributed by atoms with Crippen LogP contribution in [0.15, 0.2) is 0 Å². The van der Waals surface area contributed by atoms with Gasteiger partial charge in [0.1, 0.15) is 0 Å². The monoisotopic (exact) mass is 334 g/mol. The number of unbranched alkanes of at least 4 members (excludes halogenated alkanes) is 9. The van der Waals surface area contributed by atoms with Crippen LogP contribution in [-0.2, 0) is 10.1 Å². The summed E-state index contributed by atoms with van der Waals surface area (Å²) in [6, 6.07) is 0. The first kappa shape index (κ1) is 21.0. The zero-order valence-electron chi connectivity index (χ0n) is 11.4. The molecule has 0 rings (SSSR count). The SMILES string of the molecule is CCCCCCCCCCCCS(=O)(=O)[O-].[Rb+]. The van der Waals surface area contributed by atoms with E-state index < -0.39 is 10.1 Å². The van der Waals surface area contributed by atoms with E-state index in [1.165, 1.54) is 44.9 Å². The summed E-state index contributed by atoms with van der Waals surface area (Å²) >= 11 is 0. The van der Waals surface area contributed by atoms with Gasteiger partial charge in [0.15, 0.2) is 0 Å². The van der Waals surface area contributed by atoms with Gasteiger partial charge in [0.05, 0.1) is 10.1 Å². The summed E-state index contributed by atoms with van der Waals surface area (Å²) < 4.78 is 30.9. The molecule has 0 bridgehead atoms. The fourth-order valence-electron chi connectivity index (χ4n) is 1.77. The summed E-state index contributed by atoms with van der Waals surface area (Å²) in [4.78, 5) is 0. The van der Waals surface area contributed by atoms with Gasteiger partial charge >= 0.3 is 58.2 Å². The molecule has 0 aliphatic rings. The third-order valence-electron chi connectivity index (χ3n) is 2.75. The molecule has 0 amide bonds. The summed E-state index contributed by atoms with van der Waals surface area (Å²) in [6.45, 7) is 2.21. The van der Waals surface area contributed by atoms with Crippen molar-refractivity contribution in [1.29, 1.82) is 0 Å². The second kappa shape index (κ2) is 14.1. The van der Waals surface area contributed by atoms with Crippen molar-refractivity contribution < 1.29 is 71.2 Å². The number of hydrogen-bond acceptors (Lipinski definition) is 3. The van der Waals surface area contributed by atoms with Crippen molar-refractivity contribution in [2.45, 2.75) is 71.1 Å². The molecule has 0 aromatic rings. The maximum atomic E-state index is 10.3. The number of hydrogen-bond donors (Lipinski definition) is 0. The van der Waals surface area contributed by atoms with E-state index in [4.69, 9.17) is 0 Å². The molecule has 3 nitrogen and oxygen atoms in total. The number of rotatable bonds is 11. The van der Waals surface area contributed by atoms with Crippen LogP contribution in [-0.4, -0.2) is 18.7 Å². The third-order valence-corrected chi connectivity index (χ3v) is 3.54. The Labute approximate surface area is 156 Å². The summed E-state index contributed by atoms with van der Waals surface area (Å²) in [5.41, 5.74) is 0. The van der Waals surface area contributed by atoms with E-state index in [-0.39, 0.29) is 63.9 Å². The molecule has 0 heterocycles. The second-order valence-corrected chi connectivity index (χ2v) is 5.97. The van der Waals surface area contributed by atoms with Gasteiger partial charge in [0.25, 0.3) is 0 Å². The minimum Gasteiger partial charge on any atom is -0.748 e. The van der Waals surface area contributed by atoms with Gasteiger partial charge in [-0.25, -0.2) is 8.42 Å². The molecule has 0 fully saturated rings. The Morgan fingerprint density at radius 2 is 1.12 bits per heavy atom. The summed E-state index contributed by atoms with van der Waals surface area (Å²) in [7, 11) is -3.98. The van der Waals surface area contributed by atoms with Crippen molar-refractivity contribution in [3.63, 3.8) is 0 Å². The zero-order chi connectivity index (χ0) is 12.3. The standard InChI is InChI=1S/C12H26O3S.Rb/c1-2-3-4-5-6-7-8-9-10-11-12-16(13,14)15;/h2-12H2,1H3,(H,13,14,15);/q;+1/p-1. The summed E-state index contributed by atoms with van der Waals surface area (Å²) in [5, 5.41) is 0. The molecular weight excluding hydrogens is 310 g/mol. The third kappa shape index (κ3) is 20.2. The molecule has 0 spiro atoms. The Kier molecular flexibility index (Phi) is 17.5. The van der Waals surface area contributed by atoms with Gasteiger partial charge in [-0.1, -0.05) is 64.7 Å². The van der Waals surface area contributed by atoms with Crippen LogP contribution in [0, 0.1) is 0 Å². The van der Waals surface area contributed by atoms with Crippen molar-refractivity contribution >= 4 is 10.1 Å². The minimum absolute atomic E-state index is 0. The molecular formula is C12H25O3RbS. The Hall–Kier alpha value is 1.72. The zero-order valence-corrected chi connectivity index (χ0v) is 17.1. The molecule has 0 atom stereocenters. The molecule has 0 radical (unpaired) electrons. The van der Waals surface area contributed by atoms with E-state index in [9.17, 15) is 13.0 Å². The predicted octanol–water partition coefficient (Wildman–Crippen LogP) is 0.457. The van der Waals surface area contributed by atoms with Crippen molar-refractivity contribution in [3.05, 3.63) is 0 Å². The molecule has 0 aliphatic carbocycles. The quantitative estimate of drug-likeness (QED) is 0.407. The first-order valence-corrected chi connectivity index (χ1v) is 8.07. The largest absolute Gasteiger partial charge is 1.00 e. The van der Waals surface area contributed by atoms with Gasteiger partial charge in [-0.15, -0.1) is 0 Å². The fraction of sp³-hybridized carbons (Fsp3) is 1.00. The molecule has 0 aliphatic heterocycles. The van der Waals surface area contributed by atoms with Gasteiger partial charge < -0.3 is 4.55 Å². The average Bonchev–Trinajstić information content (AvgIpc) is 2.19. The summed E-state index contributed by atoms with van der Waals surface area (Å²) in [6.07, 6.45) is 11.4. The normalized spacial score (nSPS) is 11.2. The van der Waals surface area contributed by atoms with E-state index in [1.54, 1.807) is 0 Å². The van der Waals surface area contributed by atoms with Crippen LogP contribution < -0.4 is 58.2 Å². The molecule has 0 unspecified atom stereocenters. The van der Waals surface area contributed by atoms with Gasteiger partial charge in [0, 0.05) is 5.75 Å². The van der Waals surface area contributed by atoms with Gasteiger partial charge in [0.2, 0.25) is 0 Å². The van der Waals surface area contributed by atoms with Crippen LogP contribution in [0.1, 0.15) is 71.1 Å². The van der Waals surface area contributed by atoms with Crippen molar-refractivity contribution in [2.75, 3.05) is 5.75 Å². The van der Waals surface area contributed by atoms with Gasteiger partial charge in [-0.05, 0) is 6.42 Å². The van der Waals surface area contributed by atoms with Crippen LogP contribution >= 0.6 is 0 Å². The smallest absolute Gasteiger partial charge is 0.748 e. The van der Waals surface area contributed by atoms with Crippen molar-refractivity contribution in [1.82, 2.24) is 0 Å². The maximum absolute atomic E-state index is 10.3. The topological polar surface area (TPSA) is 57.2 Å². The molecule has 0 aromatic carbocycles. The summed E-state index contributed by atoms with van der Waals surface area (Å²) in [5.74, 6) is -0.191. The predicted molar refractivity (Wildman–Crippen MR) is 66.4 cm³/mol. The molecule has 0 saturated carbocycles. The maximum Gasteiger partial charge on any atom is 1.00 e. The van der Waals surface area contributed by atoms with Crippen LogP contribution in [0.5, 0.6) is 0 Å². The van der Waals surface area contributed by atoms with Crippen molar-refractivity contribution in [2.24, 2.45) is 0 Å². The van der Waals surface area contributed by atoms with Crippen LogP contribution in [0.2, 0.25) is 0 Å². The van der Waals surface area contributed by atoms with Gasteiger partial charge in [-0.3, -0.25) is 0 Å². The van der Waals surface area contributed by atoms with E-state index in [1.807, 2.05) is 0 Å². The van der Waals surface area contributed by atoms with Crippen LogP contribution in [0.4, 0.5) is 0 Å². The fourth-order valence-corrected chi connectivity index (χ4v) is 2.32. The Morgan fingerprint density at radius 3 is 1.47 bits per heavy atom. The van der Waals surface area contributed by atoms with E-state index in [0.29, 0.717) is 6.42 Å². The average molecular weight is 335 g/mol. The van der Waals surface area contributed by atoms with E-state index >= 15 is 0 Å². The van der Waals surface area contributed by atoms with Crippen molar-refractivity contribution in [3.8, 4) is 0 Å². The Morgan fingerprint density at radius 1 is 0.765 bits per heavy atom. The van der Waals surface area contributed by atoms with E-state index in [0.717, 1.165) is 12.8 Å². The molecule has 0 saturated heterocycles. The molecule has 0 aromatic heterocycles. The first-order chi connectivity index (χ1) is 7.56. The Bertz CT molecular complexity index is 240. The first-order valence-electron chi connectivity index (χ1n) is 6.50. The Balaban J connectivity index is 0. The second-order valence-electron chi connectivity index (χ2n) is 4.44.